The van der Waals surface area contributed by atoms with Gasteiger partial charge in [0.1, 0.15) is 11.6 Å². The van der Waals surface area contributed by atoms with E-state index in [1.54, 1.807) is 23.8 Å². The molecule has 36 heavy (non-hydrogen) atoms. The molecule has 176 valence electrons. The molecule has 5 aromatic rings. The average molecular weight is 475 g/mol. The summed E-state index contributed by atoms with van der Waals surface area (Å²) >= 11 is 0. The molecule has 0 fully saturated rings. The van der Waals surface area contributed by atoms with Crippen LogP contribution >= 0.6 is 0 Å². The lowest BCUT2D eigenvalue weighted by Crippen LogP contribution is -2.26. The monoisotopic (exact) mass is 474 g/mol. The maximum absolute atomic E-state index is 14.1. The number of anilines is 1. The maximum atomic E-state index is 14.1. The lowest BCUT2D eigenvalue weighted by molar-refractivity contribution is 0.772. The minimum Gasteiger partial charge on any atom is -0.371 e. The predicted molar refractivity (Wildman–Crippen MR) is 141 cm³/mol. The highest BCUT2D eigenvalue weighted by Gasteiger charge is 2.20. The highest BCUT2D eigenvalue weighted by Crippen LogP contribution is 2.31. The number of para-hydroxylation sites is 1. The first-order valence-electron chi connectivity index (χ1n) is 11.4. The number of aryl methyl sites for hydroxylation is 1. The molecule has 0 amide bonds. The maximum Gasteiger partial charge on any atom is 0.263 e. The fraction of sp³-hybridized carbons (Fsp3) is 0.107. The van der Waals surface area contributed by atoms with Gasteiger partial charge in [0.05, 0.1) is 18.0 Å². The summed E-state index contributed by atoms with van der Waals surface area (Å²) in [7, 11) is 0. The van der Waals surface area contributed by atoms with Crippen molar-refractivity contribution >= 4 is 22.3 Å². The first kappa shape index (κ1) is 22.7. The highest BCUT2D eigenvalue weighted by atomic mass is 16.1. The van der Waals surface area contributed by atoms with Gasteiger partial charge in [0.15, 0.2) is 0 Å². The van der Waals surface area contributed by atoms with Gasteiger partial charge >= 0.3 is 0 Å². The van der Waals surface area contributed by atoms with Crippen LogP contribution in [0.3, 0.4) is 0 Å². The molecule has 0 radical (unpaired) electrons. The van der Waals surface area contributed by atoms with Gasteiger partial charge in [-0.1, -0.05) is 36.4 Å². The molecule has 1 atom stereocenters. The van der Waals surface area contributed by atoms with Crippen LogP contribution in [0.4, 0.5) is 11.5 Å². The zero-order valence-electron chi connectivity index (χ0n) is 19.7. The Bertz CT molecular complexity index is 1730. The molecule has 0 aliphatic carbocycles. The molecule has 0 bridgehead atoms. The molecule has 0 saturated heterocycles. The summed E-state index contributed by atoms with van der Waals surface area (Å²) in [5.41, 5.74) is 2.82. The third-order valence-corrected chi connectivity index (χ3v) is 5.99. The molecule has 0 spiro atoms. The molecule has 3 aromatic heterocycles. The molecule has 3 heterocycles. The van der Waals surface area contributed by atoms with E-state index in [1.807, 2.05) is 61.5 Å². The minimum absolute atomic E-state index is 0.187. The average Bonchev–Trinajstić information content (AvgIpc) is 2.89. The summed E-state index contributed by atoms with van der Waals surface area (Å²) in [5.74, 6) is 0.959. The van der Waals surface area contributed by atoms with Crippen molar-refractivity contribution in [2.24, 2.45) is 0 Å². The first-order valence-corrected chi connectivity index (χ1v) is 11.4. The zero-order chi connectivity index (χ0) is 25.2. The standard InChI is InChI=1S/C28H22N6O2/c1-17(32-27-23(29-3)16-30-18(2)33-27)24-14-19-8-7-11-22(20-12-13-25(35)31-15-20)26(19)28(36)34(24)21-9-5-4-6-10-21/h4-17H,1-2H3,(H,31,35)(H,30,32,33)/t17-/m0/s1. The molecule has 5 rings (SSSR count). The zero-order valence-corrected chi connectivity index (χ0v) is 19.7. The van der Waals surface area contributed by atoms with Gasteiger partial charge < -0.3 is 10.3 Å². The number of aromatic amines is 1. The number of H-pyrrole nitrogens is 1. The Morgan fingerprint density at radius 3 is 2.58 bits per heavy atom. The van der Waals surface area contributed by atoms with E-state index >= 15 is 0 Å². The van der Waals surface area contributed by atoms with Gasteiger partial charge in [-0.05, 0) is 54.6 Å². The van der Waals surface area contributed by atoms with Crippen LogP contribution in [-0.2, 0) is 0 Å². The van der Waals surface area contributed by atoms with Crippen LogP contribution in [0.1, 0.15) is 24.5 Å². The van der Waals surface area contributed by atoms with Crippen molar-refractivity contribution in [2.75, 3.05) is 5.32 Å². The molecule has 0 aliphatic heterocycles. The Morgan fingerprint density at radius 1 is 1.06 bits per heavy atom. The summed E-state index contributed by atoms with van der Waals surface area (Å²) < 4.78 is 1.68. The van der Waals surface area contributed by atoms with Crippen molar-refractivity contribution in [3.05, 3.63) is 123 Å². The molecule has 0 unspecified atom stereocenters. The molecule has 0 saturated carbocycles. The van der Waals surface area contributed by atoms with Crippen molar-refractivity contribution in [3.63, 3.8) is 0 Å². The van der Waals surface area contributed by atoms with Crippen LogP contribution in [0.2, 0.25) is 0 Å². The molecular weight excluding hydrogens is 452 g/mol. The molecule has 2 aromatic carbocycles. The number of hydrogen-bond donors (Lipinski definition) is 2. The van der Waals surface area contributed by atoms with Crippen LogP contribution in [0.5, 0.6) is 0 Å². The Kier molecular flexibility index (Phi) is 5.88. The van der Waals surface area contributed by atoms with E-state index in [2.05, 4.69) is 25.1 Å². The molecule has 8 nitrogen and oxygen atoms in total. The minimum atomic E-state index is -0.367. The van der Waals surface area contributed by atoms with Crippen LogP contribution < -0.4 is 16.4 Å². The second-order valence-corrected chi connectivity index (χ2v) is 8.39. The number of benzene rings is 2. The predicted octanol–water partition coefficient (Wildman–Crippen LogP) is 5.17. The molecule has 8 heteroatoms. The topological polar surface area (TPSA) is 97.0 Å². The van der Waals surface area contributed by atoms with Crippen molar-refractivity contribution < 1.29 is 0 Å². The van der Waals surface area contributed by atoms with Gasteiger partial charge in [0.25, 0.3) is 5.56 Å². The molecular formula is C28H22N6O2. The largest absolute Gasteiger partial charge is 0.371 e. The Morgan fingerprint density at radius 2 is 1.86 bits per heavy atom. The van der Waals surface area contributed by atoms with Crippen molar-refractivity contribution in [2.45, 2.75) is 19.9 Å². The van der Waals surface area contributed by atoms with Crippen molar-refractivity contribution in [3.8, 4) is 16.8 Å². The van der Waals surface area contributed by atoms with Gasteiger partial charge in [0.2, 0.25) is 11.2 Å². The second kappa shape index (κ2) is 9.31. The van der Waals surface area contributed by atoms with E-state index in [4.69, 9.17) is 6.57 Å². The SMILES string of the molecule is [C-]#[N+]c1cnc(C)nc1N[C@@H](C)c1cc2cccc(-c3ccc(=O)[nH]c3)c2c(=O)n1-c1ccccc1. The Balaban J connectivity index is 1.75. The number of hydrogen-bond acceptors (Lipinski definition) is 5. The van der Waals surface area contributed by atoms with Gasteiger partial charge in [-0.25, -0.2) is 9.83 Å². The third-order valence-electron chi connectivity index (χ3n) is 5.99. The number of pyridine rings is 2. The fourth-order valence-electron chi connectivity index (χ4n) is 4.29. The summed E-state index contributed by atoms with van der Waals surface area (Å²) in [6, 6.07) is 19.9. The van der Waals surface area contributed by atoms with Crippen molar-refractivity contribution in [1.29, 1.82) is 0 Å². The van der Waals surface area contributed by atoms with Gasteiger partial charge in [0, 0.05) is 29.8 Å². The molecule has 2 N–H and O–H groups in total. The van der Waals surface area contributed by atoms with E-state index in [0.29, 0.717) is 34.1 Å². The van der Waals surface area contributed by atoms with Crippen LogP contribution in [0.15, 0.2) is 88.7 Å². The van der Waals surface area contributed by atoms with E-state index in [-0.39, 0.29) is 17.2 Å². The molecule has 0 aliphatic rings. The normalized spacial score (nSPS) is 11.7. The van der Waals surface area contributed by atoms with E-state index in [0.717, 1.165) is 16.5 Å². The number of aromatic nitrogens is 4. The van der Waals surface area contributed by atoms with Crippen molar-refractivity contribution in [1.82, 2.24) is 19.5 Å². The number of rotatable bonds is 5. The van der Waals surface area contributed by atoms with Crippen LogP contribution in [0.25, 0.3) is 32.4 Å². The van der Waals surface area contributed by atoms with E-state index < -0.39 is 0 Å². The van der Waals surface area contributed by atoms with Gasteiger partial charge in [-0.15, -0.1) is 0 Å². The summed E-state index contributed by atoms with van der Waals surface area (Å²) in [6.45, 7) is 11.2. The lowest BCUT2D eigenvalue weighted by Gasteiger charge is -2.22. The Labute approximate surface area is 206 Å². The quantitative estimate of drug-likeness (QED) is 0.343. The summed E-state index contributed by atoms with van der Waals surface area (Å²) in [5, 5.41) is 4.62. The van der Waals surface area contributed by atoms with Gasteiger partial charge in [-0.2, -0.15) is 0 Å². The number of nitrogens with zero attached hydrogens (tertiary/aromatic N) is 4. The highest BCUT2D eigenvalue weighted by molar-refractivity contribution is 5.96. The fourth-order valence-corrected chi connectivity index (χ4v) is 4.29. The number of fused-ring (bicyclic) bond motifs is 1. The van der Waals surface area contributed by atoms with E-state index in [1.165, 1.54) is 12.3 Å². The third kappa shape index (κ3) is 4.14. The smallest absolute Gasteiger partial charge is 0.263 e. The van der Waals surface area contributed by atoms with Crippen LogP contribution in [0, 0.1) is 13.5 Å². The number of nitrogens with one attached hydrogen (secondary N) is 2. The lowest BCUT2D eigenvalue weighted by atomic mass is 9.99. The summed E-state index contributed by atoms with van der Waals surface area (Å²) in [6.07, 6.45) is 3.11. The van der Waals surface area contributed by atoms with E-state index in [9.17, 15) is 9.59 Å². The Hall–Kier alpha value is -5.03. The first-order chi connectivity index (χ1) is 17.5. The van der Waals surface area contributed by atoms with Crippen LogP contribution in [-0.4, -0.2) is 19.5 Å². The second-order valence-electron chi connectivity index (χ2n) is 8.39. The summed E-state index contributed by atoms with van der Waals surface area (Å²) in [4.78, 5) is 40.5. The van der Waals surface area contributed by atoms with Gasteiger partial charge in [-0.3, -0.25) is 19.1 Å².